The molecule has 1 aliphatic heterocycles. The minimum Gasteiger partial charge on any atom is -0.497 e. The molecular weight excluding hydrogens is 374 g/mol. The number of anilines is 2. The summed E-state index contributed by atoms with van der Waals surface area (Å²) in [6.45, 7) is 4.52. The lowest BCUT2D eigenvalue weighted by molar-refractivity contribution is 0.0978. The van der Waals surface area contributed by atoms with Crippen LogP contribution in [0.2, 0.25) is 0 Å². The lowest BCUT2D eigenvalue weighted by Crippen LogP contribution is -2.48. The van der Waals surface area contributed by atoms with Crippen molar-refractivity contribution >= 4 is 38.8 Å². The molecule has 3 heterocycles. The predicted molar refractivity (Wildman–Crippen MR) is 113 cm³/mol. The van der Waals surface area contributed by atoms with Gasteiger partial charge in [-0.1, -0.05) is 6.92 Å². The van der Waals surface area contributed by atoms with Gasteiger partial charge in [0.25, 0.3) is 5.91 Å². The van der Waals surface area contributed by atoms with Gasteiger partial charge in [-0.05, 0) is 49.2 Å². The average molecular weight is 398 g/mol. The Balaban J connectivity index is 1.85. The van der Waals surface area contributed by atoms with Crippen LogP contribution in [0.25, 0.3) is 10.2 Å². The quantitative estimate of drug-likeness (QED) is 0.683. The van der Waals surface area contributed by atoms with Crippen LogP contribution < -0.4 is 15.0 Å². The van der Waals surface area contributed by atoms with Gasteiger partial charge in [-0.2, -0.15) is 0 Å². The van der Waals surface area contributed by atoms with Crippen LogP contribution in [0.3, 0.4) is 0 Å². The maximum Gasteiger partial charge on any atom is 0.272 e. The molecule has 1 aromatic carbocycles. The van der Waals surface area contributed by atoms with E-state index in [1.54, 1.807) is 14.2 Å². The van der Waals surface area contributed by atoms with E-state index >= 15 is 0 Å². The molecule has 2 aromatic heterocycles. The Bertz CT molecular complexity index is 1030. The van der Waals surface area contributed by atoms with Crippen molar-refractivity contribution in [1.29, 1.82) is 0 Å². The lowest BCUT2D eigenvalue weighted by Gasteiger charge is -2.36. The molecule has 0 aliphatic carbocycles. The largest absolute Gasteiger partial charge is 0.497 e. The highest BCUT2D eigenvalue weighted by Crippen LogP contribution is 2.42. The zero-order valence-corrected chi connectivity index (χ0v) is 17.2. The smallest absolute Gasteiger partial charge is 0.272 e. The Morgan fingerprint density at radius 1 is 1.25 bits per heavy atom. The van der Waals surface area contributed by atoms with Crippen molar-refractivity contribution in [3.05, 3.63) is 46.5 Å². The van der Waals surface area contributed by atoms with Crippen LogP contribution in [-0.2, 0) is 11.3 Å². The third-order valence-corrected chi connectivity index (χ3v) is 6.02. The van der Waals surface area contributed by atoms with Crippen LogP contribution >= 0.6 is 11.3 Å². The summed E-state index contributed by atoms with van der Waals surface area (Å²) in [4.78, 5) is 21.5. The van der Waals surface area contributed by atoms with Gasteiger partial charge in [-0.15, -0.1) is 11.3 Å². The summed E-state index contributed by atoms with van der Waals surface area (Å²) in [6.07, 6.45) is 0.635. The number of aromatic nitrogens is 1. The number of nitrogens with zero attached hydrogens (tertiary/aromatic N) is 2. The standard InChI is InChI=1S/C21H23N3O3S/c1-5-16-23-18-17-13(11-26-3)10-12(2)22-20(17)28-19(18)21(25)24(16)14-6-8-15(27-4)9-7-14/h6-10,16,23H,5,11H2,1-4H3/t16-/m0/s1. The van der Waals surface area contributed by atoms with Crippen LogP contribution in [0.15, 0.2) is 30.3 Å². The molecule has 0 spiro atoms. The highest BCUT2D eigenvalue weighted by molar-refractivity contribution is 7.21. The molecule has 1 aliphatic rings. The van der Waals surface area contributed by atoms with E-state index in [0.29, 0.717) is 11.5 Å². The number of nitrogens with one attached hydrogen (secondary N) is 1. The molecule has 1 amide bonds. The molecule has 6 nitrogen and oxygen atoms in total. The Morgan fingerprint density at radius 3 is 2.64 bits per heavy atom. The number of fused-ring (bicyclic) bond motifs is 3. The van der Waals surface area contributed by atoms with Crippen LogP contribution in [0.5, 0.6) is 5.75 Å². The van der Waals surface area contributed by atoms with E-state index in [4.69, 9.17) is 9.47 Å². The second kappa shape index (κ2) is 7.41. The molecule has 146 valence electrons. The average Bonchev–Trinajstić information content (AvgIpc) is 3.07. The fourth-order valence-electron chi connectivity index (χ4n) is 3.68. The number of amides is 1. The fraction of sp³-hybridized carbons (Fsp3) is 0.333. The third kappa shape index (κ3) is 3.00. The number of rotatable bonds is 5. The molecule has 0 unspecified atom stereocenters. The summed E-state index contributed by atoms with van der Waals surface area (Å²) in [7, 11) is 3.31. The highest BCUT2D eigenvalue weighted by Gasteiger charge is 2.36. The van der Waals surface area contributed by atoms with Crippen molar-refractivity contribution < 1.29 is 14.3 Å². The molecule has 1 N–H and O–H groups in total. The number of carbonyl (C=O) groups excluding carboxylic acids is 1. The van der Waals surface area contributed by atoms with Gasteiger partial charge < -0.3 is 14.8 Å². The van der Waals surface area contributed by atoms with Crippen molar-refractivity contribution in [2.45, 2.75) is 33.0 Å². The number of hydrogen-bond donors (Lipinski definition) is 1. The Kier molecular flexibility index (Phi) is 4.95. The van der Waals surface area contributed by atoms with Crippen LogP contribution in [0.4, 0.5) is 11.4 Å². The van der Waals surface area contributed by atoms with Crippen molar-refractivity contribution in [1.82, 2.24) is 4.98 Å². The second-order valence-electron chi connectivity index (χ2n) is 6.78. The molecule has 0 saturated carbocycles. The maximum absolute atomic E-state index is 13.5. The molecule has 0 radical (unpaired) electrons. The number of ether oxygens (including phenoxy) is 2. The van der Waals surface area contributed by atoms with Crippen LogP contribution in [-0.4, -0.2) is 31.3 Å². The van der Waals surface area contributed by atoms with Crippen molar-refractivity contribution in [3.8, 4) is 5.75 Å². The molecule has 0 bridgehead atoms. The van der Waals surface area contributed by atoms with Gasteiger partial charge in [0.15, 0.2) is 0 Å². The van der Waals surface area contributed by atoms with Gasteiger partial charge in [0.1, 0.15) is 21.6 Å². The number of pyridine rings is 1. The molecule has 3 aromatic rings. The van der Waals surface area contributed by atoms with Gasteiger partial charge >= 0.3 is 0 Å². The summed E-state index contributed by atoms with van der Waals surface area (Å²) in [5, 5.41) is 4.58. The summed E-state index contributed by atoms with van der Waals surface area (Å²) in [5.74, 6) is 0.760. The Hall–Kier alpha value is -2.64. The Morgan fingerprint density at radius 2 is 2.00 bits per heavy atom. The van der Waals surface area contributed by atoms with Gasteiger partial charge in [0.2, 0.25) is 0 Å². The summed E-state index contributed by atoms with van der Waals surface area (Å²) in [5.41, 5.74) is 3.69. The zero-order chi connectivity index (χ0) is 19.8. The van der Waals surface area contributed by atoms with E-state index in [-0.39, 0.29) is 12.1 Å². The summed E-state index contributed by atoms with van der Waals surface area (Å²) >= 11 is 1.44. The fourth-order valence-corrected chi connectivity index (χ4v) is 4.84. The molecule has 0 fully saturated rings. The van der Waals surface area contributed by atoms with Crippen LogP contribution in [0.1, 0.15) is 34.3 Å². The molecule has 1 atom stereocenters. The SMILES string of the molecule is CC[C@H]1Nc2c(sc3nc(C)cc(COC)c23)C(=O)N1c1ccc(OC)cc1. The van der Waals surface area contributed by atoms with E-state index in [2.05, 4.69) is 17.2 Å². The minimum absolute atomic E-state index is 0.00483. The minimum atomic E-state index is -0.136. The van der Waals surface area contributed by atoms with E-state index in [1.165, 1.54) is 11.3 Å². The number of carbonyl (C=O) groups is 1. The first-order valence-corrected chi connectivity index (χ1v) is 10.0. The first-order valence-electron chi connectivity index (χ1n) is 9.23. The molecule has 28 heavy (non-hydrogen) atoms. The first-order chi connectivity index (χ1) is 13.6. The monoisotopic (exact) mass is 397 g/mol. The topological polar surface area (TPSA) is 63.7 Å². The molecule has 0 saturated heterocycles. The van der Waals surface area contributed by atoms with Crippen molar-refractivity contribution in [3.63, 3.8) is 0 Å². The van der Waals surface area contributed by atoms with E-state index < -0.39 is 0 Å². The lowest BCUT2D eigenvalue weighted by atomic mass is 10.1. The first kappa shape index (κ1) is 18.7. The molecular formula is C21H23N3O3S. The predicted octanol–water partition coefficient (Wildman–Crippen LogP) is 4.57. The van der Waals surface area contributed by atoms with E-state index in [1.807, 2.05) is 42.2 Å². The number of aryl methyl sites for hydroxylation is 1. The van der Waals surface area contributed by atoms with Gasteiger partial charge in [-0.25, -0.2) is 4.98 Å². The van der Waals surface area contributed by atoms with Gasteiger partial charge in [0.05, 0.1) is 19.4 Å². The van der Waals surface area contributed by atoms with Crippen molar-refractivity contribution in [2.24, 2.45) is 0 Å². The summed E-state index contributed by atoms with van der Waals surface area (Å²) < 4.78 is 10.6. The van der Waals surface area contributed by atoms with E-state index in [9.17, 15) is 4.79 Å². The summed E-state index contributed by atoms with van der Waals surface area (Å²) in [6, 6.07) is 9.60. The highest BCUT2D eigenvalue weighted by atomic mass is 32.1. The third-order valence-electron chi connectivity index (χ3n) is 4.94. The number of benzene rings is 1. The molecule has 4 rings (SSSR count). The van der Waals surface area contributed by atoms with E-state index in [0.717, 1.165) is 45.0 Å². The Labute approximate surface area is 168 Å². The number of hydrogen-bond acceptors (Lipinski definition) is 6. The van der Waals surface area contributed by atoms with Gasteiger partial charge in [0, 0.05) is 23.9 Å². The number of thiophene rings is 1. The van der Waals surface area contributed by atoms with Gasteiger partial charge in [-0.3, -0.25) is 9.69 Å². The van der Waals surface area contributed by atoms with Crippen LogP contribution in [0, 0.1) is 6.92 Å². The second-order valence-corrected chi connectivity index (χ2v) is 7.78. The normalized spacial score (nSPS) is 16.2. The maximum atomic E-state index is 13.5. The zero-order valence-electron chi connectivity index (χ0n) is 16.4. The molecule has 7 heteroatoms. The van der Waals surface area contributed by atoms with Crippen molar-refractivity contribution in [2.75, 3.05) is 24.4 Å². The number of methoxy groups -OCH3 is 2.